The molecule has 1 aliphatic rings. The number of benzene rings is 4. The minimum atomic E-state index is -4.58. The summed E-state index contributed by atoms with van der Waals surface area (Å²) in [5.74, 6) is -0.819. The van der Waals surface area contributed by atoms with Crippen molar-refractivity contribution in [3.05, 3.63) is 130 Å². The predicted molar refractivity (Wildman–Crippen MR) is 158 cm³/mol. The first-order valence-electron chi connectivity index (χ1n) is 13.8. The number of aryl methyl sites for hydroxylation is 1. The van der Waals surface area contributed by atoms with Gasteiger partial charge in [0.15, 0.2) is 0 Å². The molecule has 4 aromatic carbocycles. The molecule has 0 aliphatic heterocycles. The first-order valence-corrected chi connectivity index (χ1v) is 14.1. The molecule has 0 N–H and O–H groups in total. The minimum Gasteiger partial charge on any atom is -0.459 e. The van der Waals surface area contributed by atoms with Gasteiger partial charge in [-0.15, -0.1) is 0 Å². The molecule has 5 nitrogen and oxygen atoms in total. The molecule has 0 fully saturated rings. The zero-order valence-electron chi connectivity index (χ0n) is 23.3. The Morgan fingerprint density at radius 3 is 2.05 bits per heavy atom. The molecule has 9 heteroatoms. The highest BCUT2D eigenvalue weighted by Crippen LogP contribution is 2.44. The SMILES string of the molecule is CN(C(=O)OCC1c2ccccc2-c2ccccc21)C(CCc1ccc(C(F)(F)F)c(Cl)c1)C(=O)OCc1ccccc1. The van der Waals surface area contributed by atoms with E-state index in [0.29, 0.717) is 5.56 Å². The third kappa shape index (κ3) is 6.86. The van der Waals surface area contributed by atoms with E-state index >= 15 is 0 Å². The van der Waals surface area contributed by atoms with Crippen LogP contribution in [-0.2, 0) is 33.5 Å². The van der Waals surface area contributed by atoms with E-state index in [2.05, 4.69) is 0 Å². The number of fused-ring (bicyclic) bond motifs is 3. The van der Waals surface area contributed by atoms with Crippen LogP contribution in [-0.4, -0.2) is 36.7 Å². The largest absolute Gasteiger partial charge is 0.459 e. The van der Waals surface area contributed by atoms with Gasteiger partial charge in [0.1, 0.15) is 19.3 Å². The summed E-state index contributed by atoms with van der Waals surface area (Å²) in [6.07, 6.45) is -5.04. The Balaban J connectivity index is 1.30. The van der Waals surface area contributed by atoms with E-state index < -0.39 is 34.9 Å². The summed E-state index contributed by atoms with van der Waals surface area (Å²) in [7, 11) is 1.45. The number of halogens is 4. The van der Waals surface area contributed by atoms with E-state index in [9.17, 15) is 22.8 Å². The number of amides is 1. The maximum Gasteiger partial charge on any atom is 0.417 e. The number of nitrogens with zero attached hydrogens (tertiary/aromatic N) is 1. The standard InChI is InChI=1S/C34H29ClF3NO4/c1-39(33(41)43-21-28-26-13-7-5-11-24(26)25-12-6-8-14-27(25)28)31(32(40)42-20-23-9-3-2-4-10-23)18-16-22-15-17-29(30(35)19-22)34(36,37)38/h2-15,17,19,28,31H,16,18,20-21H2,1H3. The quantitative estimate of drug-likeness (QED) is 0.180. The molecule has 1 aliphatic carbocycles. The number of likely N-dealkylation sites (N-methyl/N-ethyl adjacent to an activating group) is 1. The van der Waals surface area contributed by atoms with E-state index in [1.165, 1.54) is 24.1 Å². The van der Waals surface area contributed by atoms with Crippen molar-refractivity contribution in [2.75, 3.05) is 13.7 Å². The van der Waals surface area contributed by atoms with Gasteiger partial charge in [-0.3, -0.25) is 4.90 Å². The van der Waals surface area contributed by atoms with E-state index in [-0.39, 0.29) is 32.0 Å². The summed E-state index contributed by atoms with van der Waals surface area (Å²) in [5.41, 5.74) is 4.60. The fourth-order valence-electron chi connectivity index (χ4n) is 5.36. The fourth-order valence-corrected chi connectivity index (χ4v) is 5.68. The van der Waals surface area contributed by atoms with Gasteiger partial charge in [-0.25, -0.2) is 9.59 Å². The Labute approximate surface area is 252 Å². The highest BCUT2D eigenvalue weighted by molar-refractivity contribution is 6.31. The second-order valence-electron chi connectivity index (χ2n) is 10.4. The smallest absolute Gasteiger partial charge is 0.417 e. The third-order valence-electron chi connectivity index (χ3n) is 7.63. The van der Waals surface area contributed by atoms with Crippen LogP contribution in [0.15, 0.2) is 97.1 Å². The number of esters is 1. The molecule has 1 amide bonds. The van der Waals surface area contributed by atoms with Crippen molar-refractivity contribution in [3.63, 3.8) is 0 Å². The zero-order valence-corrected chi connectivity index (χ0v) is 24.1. The summed E-state index contributed by atoms with van der Waals surface area (Å²) in [5, 5.41) is -0.432. The maximum absolute atomic E-state index is 13.3. The molecule has 1 atom stereocenters. The molecular formula is C34H29ClF3NO4. The van der Waals surface area contributed by atoms with Crippen LogP contribution < -0.4 is 0 Å². The van der Waals surface area contributed by atoms with Crippen LogP contribution in [0.4, 0.5) is 18.0 Å². The molecule has 0 spiro atoms. The summed E-state index contributed by atoms with van der Waals surface area (Å²) in [6.45, 7) is 0.0678. The Bertz CT molecular complexity index is 1560. The molecule has 0 radical (unpaired) electrons. The number of rotatable bonds is 9. The van der Waals surface area contributed by atoms with Crippen LogP contribution in [0.3, 0.4) is 0 Å². The zero-order chi connectivity index (χ0) is 30.6. The second kappa shape index (κ2) is 12.9. The molecule has 0 saturated carbocycles. The van der Waals surface area contributed by atoms with E-state index in [1.54, 1.807) is 0 Å². The number of ether oxygens (including phenoxy) is 2. The van der Waals surface area contributed by atoms with Gasteiger partial charge in [0.2, 0.25) is 0 Å². The van der Waals surface area contributed by atoms with E-state index in [0.717, 1.165) is 33.9 Å². The average Bonchev–Trinajstić information content (AvgIpc) is 3.32. The van der Waals surface area contributed by atoms with Crippen molar-refractivity contribution in [3.8, 4) is 11.1 Å². The number of carbonyl (C=O) groups excluding carboxylic acids is 2. The van der Waals surface area contributed by atoms with Crippen LogP contribution >= 0.6 is 11.6 Å². The predicted octanol–water partition coefficient (Wildman–Crippen LogP) is 8.28. The van der Waals surface area contributed by atoms with Gasteiger partial charge in [-0.2, -0.15) is 13.2 Å². The minimum absolute atomic E-state index is 0.000804. The molecule has 0 heterocycles. The lowest BCUT2D eigenvalue weighted by atomic mass is 9.98. The van der Waals surface area contributed by atoms with Gasteiger partial charge in [0.25, 0.3) is 0 Å². The second-order valence-corrected chi connectivity index (χ2v) is 10.8. The van der Waals surface area contributed by atoms with Crippen molar-refractivity contribution in [2.24, 2.45) is 0 Å². The molecule has 222 valence electrons. The van der Waals surface area contributed by atoms with Gasteiger partial charge in [0, 0.05) is 13.0 Å². The monoisotopic (exact) mass is 607 g/mol. The summed E-state index contributed by atoms with van der Waals surface area (Å²) >= 11 is 5.90. The summed E-state index contributed by atoms with van der Waals surface area (Å²) in [4.78, 5) is 27.8. The Kier molecular flexibility index (Phi) is 9.06. The number of hydrogen-bond donors (Lipinski definition) is 0. The van der Waals surface area contributed by atoms with Crippen LogP contribution in [0.2, 0.25) is 5.02 Å². The van der Waals surface area contributed by atoms with Crippen molar-refractivity contribution in [1.29, 1.82) is 0 Å². The lowest BCUT2D eigenvalue weighted by Crippen LogP contribution is -2.44. The van der Waals surface area contributed by atoms with E-state index in [4.69, 9.17) is 21.1 Å². The van der Waals surface area contributed by atoms with Gasteiger partial charge >= 0.3 is 18.2 Å². The molecule has 0 aromatic heterocycles. The van der Waals surface area contributed by atoms with Crippen molar-refractivity contribution < 1.29 is 32.2 Å². The normalized spacial score (nSPS) is 13.1. The lowest BCUT2D eigenvalue weighted by molar-refractivity contribution is -0.150. The van der Waals surface area contributed by atoms with Crippen LogP contribution in [0.25, 0.3) is 11.1 Å². The number of carbonyl (C=O) groups is 2. The Morgan fingerprint density at radius 1 is 0.837 bits per heavy atom. The molecule has 0 saturated heterocycles. The number of hydrogen-bond acceptors (Lipinski definition) is 4. The molecular weight excluding hydrogens is 579 g/mol. The van der Waals surface area contributed by atoms with Crippen LogP contribution in [0.5, 0.6) is 0 Å². The molecule has 0 bridgehead atoms. The van der Waals surface area contributed by atoms with Gasteiger partial charge in [-0.1, -0.05) is 96.5 Å². The summed E-state index contributed by atoms with van der Waals surface area (Å²) in [6, 6.07) is 27.4. The molecule has 5 rings (SSSR count). The fraction of sp³-hybridized carbons (Fsp3) is 0.235. The van der Waals surface area contributed by atoms with Crippen molar-refractivity contribution >= 4 is 23.7 Å². The van der Waals surface area contributed by atoms with Crippen LogP contribution in [0, 0.1) is 0 Å². The average molecular weight is 608 g/mol. The highest BCUT2D eigenvalue weighted by Gasteiger charge is 2.34. The lowest BCUT2D eigenvalue weighted by Gasteiger charge is -2.27. The third-order valence-corrected chi connectivity index (χ3v) is 7.95. The molecule has 43 heavy (non-hydrogen) atoms. The van der Waals surface area contributed by atoms with Crippen LogP contribution in [0.1, 0.15) is 40.2 Å². The van der Waals surface area contributed by atoms with E-state index in [1.807, 2.05) is 78.9 Å². The summed E-state index contributed by atoms with van der Waals surface area (Å²) < 4.78 is 50.8. The van der Waals surface area contributed by atoms with Crippen molar-refractivity contribution in [1.82, 2.24) is 4.90 Å². The maximum atomic E-state index is 13.3. The van der Waals surface area contributed by atoms with Gasteiger partial charge in [-0.05, 0) is 58.4 Å². The van der Waals surface area contributed by atoms with Gasteiger partial charge in [0.05, 0.1) is 10.6 Å². The van der Waals surface area contributed by atoms with Gasteiger partial charge < -0.3 is 9.47 Å². The Hall–Kier alpha value is -4.30. The molecule has 1 unspecified atom stereocenters. The Morgan fingerprint density at radius 2 is 1.44 bits per heavy atom. The van der Waals surface area contributed by atoms with Crippen molar-refractivity contribution in [2.45, 2.75) is 37.6 Å². The number of alkyl halides is 3. The highest BCUT2D eigenvalue weighted by atomic mass is 35.5. The first kappa shape index (κ1) is 30.2. The molecule has 4 aromatic rings. The topological polar surface area (TPSA) is 55.8 Å². The first-order chi connectivity index (χ1) is 20.6.